The van der Waals surface area contributed by atoms with Gasteiger partial charge in [0.1, 0.15) is 16.5 Å². The van der Waals surface area contributed by atoms with Gasteiger partial charge in [0, 0.05) is 31.1 Å². The summed E-state index contributed by atoms with van der Waals surface area (Å²) in [7, 11) is -3.93. The first kappa shape index (κ1) is 19.4. The van der Waals surface area contributed by atoms with Gasteiger partial charge in [-0.05, 0) is 31.0 Å². The van der Waals surface area contributed by atoms with Crippen molar-refractivity contribution in [3.8, 4) is 0 Å². The average Bonchev–Trinajstić information content (AvgIpc) is 2.67. The molecule has 1 aliphatic rings. The number of hydrogen-bond acceptors (Lipinski definition) is 3. The van der Waals surface area contributed by atoms with Crippen LogP contribution in [0.5, 0.6) is 0 Å². The van der Waals surface area contributed by atoms with Gasteiger partial charge in [0.2, 0.25) is 15.9 Å². The zero-order valence-corrected chi connectivity index (χ0v) is 15.4. The lowest BCUT2D eigenvalue weighted by molar-refractivity contribution is -0.126. The van der Waals surface area contributed by atoms with Gasteiger partial charge >= 0.3 is 0 Å². The van der Waals surface area contributed by atoms with Crippen LogP contribution in [0.1, 0.15) is 18.4 Å². The van der Waals surface area contributed by atoms with Crippen molar-refractivity contribution in [3.63, 3.8) is 0 Å². The van der Waals surface area contributed by atoms with E-state index in [2.05, 4.69) is 5.32 Å². The minimum Gasteiger partial charge on any atom is -0.352 e. The molecule has 0 aromatic heterocycles. The molecule has 2 aromatic rings. The lowest BCUT2D eigenvalue weighted by Crippen LogP contribution is -2.43. The molecule has 27 heavy (non-hydrogen) atoms. The van der Waals surface area contributed by atoms with E-state index in [0.717, 1.165) is 6.07 Å². The summed E-state index contributed by atoms with van der Waals surface area (Å²) in [5, 5.41) is 2.70. The van der Waals surface area contributed by atoms with E-state index < -0.39 is 15.8 Å². The molecule has 5 nitrogen and oxygen atoms in total. The van der Waals surface area contributed by atoms with Crippen LogP contribution in [0.15, 0.2) is 53.4 Å². The van der Waals surface area contributed by atoms with E-state index in [1.807, 2.05) is 0 Å². The SMILES string of the molecule is O=C(NCc1ccccc1F)C1CCN(S(=O)(=O)c2ccccc2F)CC1. The van der Waals surface area contributed by atoms with Crippen molar-refractivity contribution >= 4 is 15.9 Å². The van der Waals surface area contributed by atoms with Crippen LogP contribution in [0, 0.1) is 17.6 Å². The lowest BCUT2D eigenvalue weighted by atomic mass is 9.97. The fourth-order valence-electron chi connectivity index (χ4n) is 3.12. The molecule has 1 amide bonds. The molecule has 8 heteroatoms. The van der Waals surface area contributed by atoms with Gasteiger partial charge in [-0.1, -0.05) is 30.3 Å². The molecule has 0 bridgehead atoms. The minimum atomic E-state index is -3.93. The molecular formula is C19H20F2N2O3S. The number of halogens is 2. The molecule has 1 fully saturated rings. The van der Waals surface area contributed by atoms with Crippen LogP contribution in [-0.4, -0.2) is 31.7 Å². The van der Waals surface area contributed by atoms with Gasteiger partial charge in [0.25, 0.3) is 0 Å². The van der Waals surface area contributed by atoms with Crippen LogP contribution < -0.4 is 5.32 Å². The van der Waals surface area contributed by atoms with Crippen LogP contribution in [-0.2, 0) is 21.4 Å². The number of nitrogens with zero attached hydrogens (tertiary/aromatic N) is 1. The summed E-state index contributed by atoms with van der Waals surface area (Å²) in [5.41, 5.74) is 0.394. The standard InChI is InChI=1S/C19H20F2N2O3S/c20-16-6-2-1-5-15(16)13-22-19(24)14-9-11-23(12-10-14)27(25,26)18-8-4-3-7-17(18)21/h1-8,14H,9-13H2,(H,22,24). The van der Waals surface area contributed by atoms with Gasteiger partial charge in [-0.2, -0.15) is 4.31 Å². The second-order valence-electron chi connectivity index (χ2n) is 6.42. The smallest absolute Gasteiger partial charge is 0.245 e. The topological polar surface area (TPSA) is 66.5 Å². The fourth-order valence-corrected chi connectivity index (χ4v) is 4.65. The van der Waals surface area contributed by atoms with Crippen LogP contribution in [0.3, 0.4) is 0 Å². The van der Waals surface area contributed by atoms with Crippen LogP contribution in [0.4, 0.5) is 8.78 Å². The quantitative estimate of drug-likeness (QED) is 0.848. The summed E-state index contributed by atoms with van der Waals surface area (Å²) < 4.78 is 53.8. The van der Waals surface area contributed by atoms with Gasteiger partial charge in [-0.25, -0.2) is 17.2 Å². The van der Waals surface area contributed by atoms with Crippen molar-refractivity contribution in [1.29, 1.82) is 0 Å². The number of hydrogen-bond donors (Lipinski definition) is 1. The lowest BCUT2D eigenvalue weighted by Gasteiger charge is -2.30. The van der Waals surface area contributed by atoms with E-state index in [1.54, 1.807) is 18.2 Å². The number of sulfonamides is 1. The fraction of sp³-hybridized carbons (Fsp3) is 0.316. The number of rotatable bonds is 5. The number of carbonyl (C=O) groups excluding carboxylic acids is 1. The second-order valence-corrected chi connectivity index (χ2v) is 8.32. The molecule has 0 aliphatic carbocycles. The molecule has 0 saturated carbocycles. The number of piperidine rings is 1. The Hall–Kier alpha value is -2.32. The average molecular weight is 394 g/mol. The molecule has 1 N–H and O–H groups in total. The monoisotopic (exact) mass is 394 g/mol. The molecule has 2 aromatic carbocycles. The third-order valence-electron chi connectivity index (χ3n) is 4.69. The van der Waals surface area contributed by atoms with Gasteiger partial charge < -0.3 is 5.32 Å². The molecular weight excluding hydrogens is 374 g/mol. The molecule has 0 atom stereocenters. The largest absolute Gasteiger partial charge is 0.352 e. The van der Waals surface area contributed by atoms with Gasteiger partial charge in [0.05, 0.1) is 0 Å². The maximum atomic E-state index is 13.8. The number of benzene rings is 2. The van der Waals surface area contributed by atoms with E-state index in [4.69, 9.17) is 0 Å². The third-order valence-corrected chi connectivity index (χ3v) is 6.62. The van der Waals surface area contributed by atoms with E-state index in [0.29, 0.717) is 18.4 Å². The Balaban J connectivity index is 1.58. The van der Waals surface area contributed by atoms with E-state index >= 15 is 0 Å². The third kappa shape index (κ3) is 4.33. The summed E-state index contributed by atoms with van der Waals surface area (Å²) in [6, 6.07) is 11.4. The van der Waals surface area contributed by atoms with Crippen molar-refractivity contribution in [2.45, 2.75) is 24.3 Å². The van der Waals surface area contributed by atoms with Gasteiger partial charge in [0.15, 0.2) is 0 Å². The minimum absolute atomic E-state index is 0.0826. The van der Waals surface area contributed by atoms with Crippen molar-refractivity contribution in [2.24, 2.45) is 5.92 Å². The predicted molar refractivity (Wildman–Crippen MR) is 96.1 cm³/mol. The van der Waals surface area contributed by atoms with Crippen molar-refractivity contribution < 1.29 is 22.0 Å². The molecule has 144 valence electrons. The molecule has 1 heterocycles. The highest BCUT2D eigenvalue weighted by atomic mass is 32.2. The van der Waals surface area contributed by atoms with Crippen molar-refractivity contribution in [2.75, 3.05) is 13.1 Å². The highest BCUT2D eigenvalue weighted by Gasteiger charge is 2.33. The Kier molecular flexibility index (Phi) is 5.86. The first-order chi connectivity index (χ1) is 12.9. The highest BCUT2D eigenvalue weighted by Crippen LogP contribution is 2.25. The number of carbonyl (C=O) groups is 1. The maximum absolute atomic E-state index is 13.8. The Morgan fingerprint density at radius 2 is 1.59 bits per heavy atom. The highest BCUT2D eigenvalue weighted by molar-refractivity contribution is 7.89. The van der Waals surface area contributed by atoms with Crippen molar-refractivity contribution in [3.05, 3.63) is 65.7 Å². The number of amides is 1. The first-order valence-electron chi connectivity index (χ1n) is 8.65. The molecule has 0 radical (unpaired) electrons. The van der Waals surface area contributed by atoms with E-state index in [9.17, 15) is 22.0 Å². The Morgan fingerprint density at radius 3 is 2.22 bits per heavy atom. The van der Waals surface area contributed by atoms with Crippen LogP contribution in [0.25, 0.3) is 0 Å². The van der Waals surface area contributed by atoms with E-state index in [-0.39, 0.29) is 42.2 Å². The summed E-state index contributed by atoms with van der Waals surface area (Å²) >= 11 is 0. The summed E-state index contributed by atoms with van der Waals surface area (Å²) in [4.78, 5) is 11.9. The second kappa shape index (κ2) is 8.14. The Bertz CT molecular complexity index is 926. The normalized spacial score (nSPS) is 16.2. The summed E-state index contributed by atoms with van der Waals surface area (Å²) in [6.45, 7) is 0.349. The number of nitrogens with one attached hydrogen (secondary N) is 1. The van der Waals surface area contributed by atoms with Crippen LogP contribution in [0.2, 0.25) is 0 Å². The van der Waals surface area contributed by atoms with Crippen LogP contribution >= 0.6 is 0 Å². The van der Waals surface area contributed by atoms with Gasteiger partial charge in [-0.3, -0.25) is 4.79 Å². The predicted octanol–water partition coefficient (Wildman–Crippen LogP) is 2.68. The summed E-state index contributed by atoms with van der Waals surface area (Å²) in [5.74, 6) is -1.77. The summed E-state index contributed by atoms with van der Waals surface area (Å²) in [6.07, 6.45) is 0.660. The molecule has 0 spiro atoms. The zero-order chi connectivity index (χ0) is 19.4. The van der Waals surface area contributed by atoms with Gasteiger partial charge in [-0.15, -0.1) is 0 Å². The maximum Gasteiger partial charge on any atom is 0.245 e. The molecule has 0 unspecified atom stereocenters. The first-order valence-corrected chi connectivity index (χ1v) is 10.1. The van der Waals surface area contributed by atoms with Crippen molar-refractivity contribution in [1.82, 2.24) is 9.62 Å². The van der Waals surface area contributed by atoms with E-state index in [1.165, 1.54) is 28.6 Å². The zero-order valence-electron chi connectivity index (χ0n) is 14.6. The molecule has 3 rings (SSSR count). The Labute approximate surface area is 157 Å². The molecule has 1 saturated heterocycles. The molecule has 1 aliphatic heterocycles. The Morgan fingerprint density at radius 1 is 1.00 bits per heavy atom.